The lowest BCUT2D eigenvalue weighted by atomic mass is 9.88. The lowest BCUT2D eigenvalue weighted by Gasteiger charge is -2.48. The number of nitrogens with zero attached hydrogens (tertiary/aromatic N) is 3. The van der Waals surface area contributed by atoms with Gasteiger partial charge in [0.15, 0.2) is 0 Å². The summed E-state index contributed by atoms with van der Waals surface area (Å²) in [5.41, 5.74) is 6.90. The number of imide groups is 2. The van der Waals surface area contributed by atoms with E-state index in [1.165, 1.54) is 11.1 Å². The van der Waals surface area contributed by atoms with Gasteiger partial charge >= 0.3 is 0 Å². The predicted octanol–water partition coefficient (Wildman–Crippen LogP) is 6.30. The van der Waals surface area contributed by atoms with Crippen LogP contribution in [0.4, 0.5) is 5.69 Å². The van der Waals surface area contributed by atoms with Gasteiger partial charge in [-0.1, -0.05) is 61.5 Å². The Morgan fingerprint density at radius 2 is 1.54 bits per heavy atom. The number of phenols is 1. The first kappa shape index (κ1) is 38.1. The van der Waals surface area contributed by atoms with Crippen molar-refractivity contribution in [2.24, 2.45) is 0 Å². The van der Waals surface area contributed by atoms with Crippen LogP contribution in [0.15, 0.2) is 97.1 Å². The van der Waals surface area contributed by atoms with Crippen molar-refractivity contribution in [3.63, 3.8) is 0 Å². The normalized spacial score (nSPS) is 20.1. The van der Waals surface area contributed by atoms with Crippen molar-refractivity contribution >= 4 is 40.5 Å². The highest BCUT2D eigenvalue weighted by atomic mass is 16.5. The monoisotopic (exact) mass is 768 g/mol. The molecular formula is C46H48N4O7. The summed E-state index contributed by atoms with van der Waals surface area (Å²) in [6, 6.07) is 30.5. The molecule has 1 unspecified atom stereocenters. The van der Waals surface area contributed by atoms with Gasteiger partial charge in [0.25, 0.3) is 11.8 Å². The average molecular weight is 769 g/mol. The summed E-state index contributed by atoms with van der Waals surface area (Å²) in [6.07, 6.45) is 3.63. The number of carbonyl (C=O) groups is 4. The molecule has 4 aromatic rings. The van der Waals surface area contributed by atoms with Crippen molar-refractivity contribution in [3.8, 4) is 11.5 Å². The summed E-state index contributed by atoms with van der Waals surface area (Å²) in [6.45, 7) is 7.57. The highest BCUT2D eigenvalue weighted by Gasteiger charge is 2.45. The minimum atomic E-state index is -0.980. The van der Waals surface area contributed by atoms with Crippen LogP contribution in [-0.2, 0) is 14.3 Å². The molecule has 0 aliphatic carbocycles. The van der Waals surface area contributed by atoms with Crippen LogP contribution in [0.1, 0.15) is 82.9 Å². The van der Waals surface area contributed by atoms with E-state index in [1.54, 1.807) is 24.3 Å². The molecule has 2 N–H and O–H groups in total. The third-order valence-electron chi connectivity index (χ3n) is 11.8. The number of hydrogen-bond donors (Lipinski definition) is 2. The molecule has 11 heteroatoms. The highest BCUT2D eigenvalue weighted by molar-refractivity contribution is 6.23. The molecule has 294 valence electrons. The largest absolute Gasteiger partial charge is 0.508 e. The molecule has 4 amide bonds. The summed E-state index contributed by atoms with van der Waals surface area (Å²) in [5.74, 6) is -0.919. The fourth-order valence-corrected chi connectivity index (χ4v) is 8.75. The van der Waals surface area contributed by atoms with Gasteiger partial charge in [-0.2, -0.15) is 0 Å². The van der Waals surface area contributed by atoms with E-state index >= 15 is 0 Å². The van der Waals surface area contributed by atoms with E-state index < -0.39 is 29.7 Å². The zero-order valence-corrected chi connectivity index (χ0v) is 32.2. The van der Waals surface area contributed by atoms with E-state index in [0.717, 1.165) is 91.4 Å². The van der Waals surface area contributed by atoms with Crippen molar-refractivity contribution in [2.45, 2.75) is 57.1 Å². The van der Waals surface area contributed by atoms with Gasteiger partial charge in [-0.25, -0.2) is 0 Å². The Kier molecular flexibility index (Phi) is 10.9. The Bertz CT molecular complexity index is 2180. The highest BCUT2D eigenvalue weighted by Crippen LogP contribution is 2.37. The fourth-order valence-electron chi connectivity index (χ4n) is 8.75. The minimum absolute atomic E-state index is 0.0890. The Morgan fingerprint density at radius 1 is 0.842 bits per heavy atom. The lowest BCUT2D eigenvalue weighted by Crippen LogP contribution is -2.57. The number of amides is 4. The number of allylic oxidation sites excluding steroid dienone is 1. The van der Waals surface area contributed by atoms with Gasteiger partial charge in [-0.15, -0.1) is 0 Å². The van der Waals surface area contributed by atoms with Crippen molar-refractivity contribution in [1.29, 1.82) is 0 Å². The Morgan fingerprint density at radius 3 is 2.25 bits per heavy atom. The van der Waals surface area contributed by atoms with E-state index in [9.17, 15) is 24.3 Å². The molecule has 4 aliphatic rings. The van der Waals surface area contributed by atoms with Crippen LogP contribution in [0, 0.1) is 0 Å². The summed E-state index contributed by atoms with van der Waals surface area (Å²) in [5, 5.41) is 12.2. The zero-order chi connectivity index (χ0) is 39.5. The third kappa shape index (κ3) is 7.95. The molecule has 57 heavy (non-hydrogen) atoms. The van der Waals surface area contributed by atoms with Gasteiger partial charge in [-0.05, 0) is 102 Å². The van der Waals surface area contributed by atoms with Crippen molar-refractivity contribution in [2.75, 3.05) is 50.8 Å². The van der Waals surface area contributed by atoms with Crippen LogP contribution in [-0.4, -0.2) is 96.1 Å². The first-order valence-corrected chi connectivity index (χ1v) is 20.0. The molecule has 1 spiro atoms. The third-order valence-corrected chi connectivity index (χ3v) is 11.8. The van der Waals surface area contributed by atoms with Gasteiger partial charge in [0.05, 0.1) is 29.9 Å². The average Bonchev–Trinajstić information content (AvgIpc) is 3.48. The van der Waals surface area contributed by atoms with E-state index in [4.69, 9.17) is 9.47 Å². The quantitative estimate of drug-likeness (QED) is 0.103. The molecule has 0 radical (unpaired) electrons. The number of hydrogen-bond acceptors (Lipinski definition) is 9. The summed E-state index contributed by atoms with van der Waals surface area (Å²) >= 11 is 0. The molecular weight excluding hydrogens is 721 g/mol. The number of phenolic OH excluding ortho intramolecular Hbond substituents is 1. The first-order chi connectivity index (χ1) is 27.7. The molecule has 4 heterocycles. The molecule has 0 aromatic heterocycles. The molecule has 4 aromatic carbocycles. The number of ether oxygens (including phenoxy) is 2. The minimum Gasteiger partial charge on any atom is -0.508 e. The number of aromatic hydroxyl groups is 1. The molecule has 1 atom stereocenters. The smallest absolute Gasteiger partial charge is 0.262 e. The fraction of sp³-hybridized carbons (Fsp3) is 0.348. The number of anilines is 1. The number of piperidine rings is 2. The number of morpholine rings is 1. The summed E-state index contributed by atoms with van der Waals surface area (Å²) in [7, 11) is 0. The molecule has 0 bridgehead atoms. The number of nitrogens with one attached hydrogen (secondary N) is 1. The summed E-state index contributed by atoms with van der Waals surface area (Å²) in [4.78, 5) is 56.4. The second kappa shape index (κ2) is 16.4. The van der Waals surface area contributed by atoms with E-state index in [1.807, 2.05) is 36.4 Å². The lowest BCUT2D eigenvalue weighted by molar-refractivity contribution is -0.136. The van der Waals surface area contributed by atoms with Crippen LogP contribution >= 0.6 is 0 Å². The number of rotatable bonds is 11. The Labute approximate surface area is 332 Å². The van der Waals surface area contributed by atoms with Crippen LogP contribution in [0.5, 0.6) is 11.5 Å². The summed E-state index contributed by atoms with van der Waals surface area (Å²) < 4.78 is 12.7. The van der Waals surface area contributed by atoms with Crippen molar-refractivity contribution < 1.29 is 33.8 Å². The maximum Gasteiger partial charge on any atom is 0.262 e. The Hall–Kier alpha value is -5.78. The van der Waals surface area contributed by atoms with Crippen molar-refractivity contribution in [3.05, 3.63) is 125 Å². The number of carbonyl (C=O) groups excluding carboxylic acids is 4. The second-order valence-corrected chi connectivity index (χ2v) is 15.3. The van der Waals surface area contributed by atoms with E-state index in [2.05, 4.69) is 58.4 Å². The number of benzene rings is 4. The topological polar surface area (TPSA) is 129 Å². The van der Waals surface area contributed by atoms with Gasteiger partial charge in [0.1, 0.15) is 17.5 Å². The van der Waals surface area contributed by atoms with Crippen LogP contribution in [0.25, 0.3) is 11.1 Å². The van der Waals surface area contributed by atoms with E-state index in [0.29, 0.717) is 18.8 Å². The molecule has 3 saturated heterocycles. The molecule has 4 aliphatic heterocycles. The van der Waals surface area contributed by atoms with Crippen molar-refractivity contribution in [1.82, 2.24) is 15.1 Å². The molecule has 8 rings (SSSR count). The van der Waals surface area contributed by atoms with Crippen LogP contribution in [0.2, 0.25) is 0 Å². The maximum atomic E-state index is 13.4. The van der Waals surface area contributed by atoms with E-state index in [-0.39, 0.29) is 29.8 Å². The zero-order valence-electron chi connectivity index (χ0n) is 32.2. The standard InChI is InChI=1S/C46H48N4O7/c1-2-37(31-7-4-3-5-8-31)42(32-9-14-35(51)15-10-32)33-11-16-36(17-12-33)56-27-6-23-48-26-28-57-46(30-48)21-24-49(25-22-46)34-13-18-38-39(29-34)45(55)50(44(38)54)40-19-20-41(52)47-43(40)53/h3-5,7-18,29,40,51H,2,6,19-28,30H2,1H3,(H,47,52,53)/b42-37-. The second-order valence-electron chi connectivity index (χ2n) is 15.3. The SMILES string of the molecule is CC/C(=C(\c1ccc(O)cc1)c1ccc(OCCCN2CCOC3(CCN(c4ccc5c(c4)C(=O)N(C4CCC(=O)NC4=O)C5=O)CC3)C2)cc1)c1ccccc1. The maximum absolute atomic E-state index is 13.4. The van der Waals surface area contributed by atoms with Gasteiger partial charge < -0.3 is 19.5 Å². The molecule has 0 saturated carbocycles. The van der Waals surface area contributed by atoms with Gasteiger partial charge in [-0.3, -0.25) is 34.3 Å². The molecule has 3 fully saturated rings. The first-order valence-electron chi connectivity index (χ1n) is 20.0. The Balaban J connectivity index is 0.843. The number of fused-ring (bicyclic) bond motifs is 1. The van der Waals surface area contributed by atoms with Crippen LogP contribution in [0.3, 0.4) is 0 Å². The van der Waals surface area contributed by atoms with Gasteiger partial charge in [0.2, 0.25) is 11.8 Å². The van der Waals surface area contributed by atoms with Crippen LogP contribution < -0.4 is 15.0 Å². The van der Waals surface area contributed by atoms with Gasteiger partial charge in [0, 0.05) is 44.8 Å². The predicted molar refractivity (Wildman–Crippen MR) is 217 cm³/mol. The molecule has 11 nitrogen and oxygen atoms in total.